The summed E-state index contributed by atoms with van der Waals surface area (Å²) in [5.74, 6) is 1.77. The van der Waals surface area contributed by atoms with Crippen molar-refractivity contribution in [3.63, 3.8) is 0 Å². The van der Waals surface area contributed by atoms with Gasteiger partial charge in [-0.25, -0.2) is 4.98 Å². The first-order valence-electron chi connectivity index (χ1n) is 9.83. The number of rotatable bonds is 8. The first-order chi connectivity index (χ1) is 13.7. The van der Waals surface area contributed by atoms with Crippen molar-refractivity contribution in [3.8, 4) is 0 Å². The van der Waals surface area contributed by atoms with Gasteiger partial charge in [-0.1, -0.05) is 6.92 Å². The molecule has 150 valence electrons. The first-order valence-corrected chi connectivity index (χ1v) is 10.8. The number of aromatic nitrogens is 2. The molecular formula is C21H28N4O2S. The lowest BCUT2D eigenvalue weighted by atomic mass is 10.1. The number of amides is 1. The maximum atomic E-state index is 12.9. The lowest BCUT2D eigenvalue weighted by Crippen LogP contribution is -2.37. The fourth-order valence-corrected chi connectivity index (χ4v) is 4.06. The zero-order chi connectivity index (χ0) is 19.8. The van der Waals surface area contributed by atoms with Crippen LogP contribution in [0.1, 0.15) is 34.8 Å². The van der Waals surface area contributed by atoms with E-state index in [0.29, 0.717) is 12.1 Å². The van der Waals surface area contributed by atoms with Crippen molar-refractivity contribution >= 4 is 23.5 Å². The van der Waals surface area contributed by atoms with E-state index in [4.69, 9.17) is 9.72 Å². The molecule has 0 bridgehead atoms. The van der Waals surface area contributed by atoms with Crippen molar-refractivity contribution in [2.24, 2.45) is 0 Å². The topological polar surface area (TPSA) is 67.4 Å². The normalized spacial score (nSPS) is 14.1. The number of carbonyl (C=O) groups is 1. The van der Waals surface area contributed by atoms with E-state index in [1.165, 1.54) is 5.56 Å². The maximum absolute atomic E-state index is 12.9. The van der Waals surface area contributed by atoms with E-state index < -0.39 is 0 Å². The van der Waals surface area contributed by atoms with Crippen LogP contribution in [0.4, 0.5) is 5.82 Å². The molecule has 2 aromatic heterocycles. The summed E-state index contributed by atoms with van der Waals surface area (Å²) < 4.78 is 5.44. The SMILES string of the molecule is CCSc1nc(N2CCOCC2)cc(C)c1C(=O)NCCCc1ccncc1. The highest BCUT2D eigenvalue weighted by Crippen LogP contribution is 2.28. The number of hydrogen-bond donors (Lipinski definition) is 1. The van der Waals surface area contributed by atoms with E-state index in [1.807, 2.05) is 25.1 Å². The van der Waals surface area contributed by atoms with Crippen molar-refractivity contribution in [2.75, 3.05) is 43.5 Å². The van der Waals surface area contributed by atoms with Crippen LogP contribution in [0.5, 0.6) is 0 Å². The lowest BCUT2D eigenvalue weighted by molar-refractivity contribution is 0.0948. The third-order valence-electron chi connectivity index (χ3n) is 4.69. The molecule has 2 aromatic rings. The van der Waals surface area contributed by atoms with Crippen LogP contribution in [0.15, 0.2) is 35.6 Å². The van der Waals surface area contributed by atoms with Crippen LogP contribution in [0.2, 0.25) is 0 Å². The fourth-order valence-electron chi connectivity index (χ4n) is 3.23. The first kappa shape index (κ1) is 20.6. The predicted molar refractivity (Wildman–Crippen MR) is 113 cm³/mol. The number of morpholine rings is 1. The van der Waals surface area contributed by atoms with E-state index in [2.05, 4.69) is 22.1 Å². The summed E-state index contributed by atoms with van der Waals surface area (Å²) in [4.78, 5) is 23.9. The van der Waals surface area contributed by atoms with Crippen LogP contribution in [0.25, 0.3) is 0 Å². The number of pyridine rings is 2. The number of thioether (sulfide) groups is 1. The molecule has 0 aliphatic carbocycles. The van der Waals surface area contributed by atoms with Crippen molar-refractivity contribution in [3.05, 3.63) is 47.3 Å². The molecule has 1 aliphatic heterocycles. The van der Waals surface area contributed by atoms with E-state index in [9.17, 15) is 4.79 Å². The van der Waals surface area contributed by atoms with E-state index in [1.54, 1.807) is 24.2 Å². The van der Waals surface area contributed by atoms with Crippen LogP contribution in [-0.4, -0.2) is 54.5 Å². The molecule has 0 spiro atoms. The molecular weight excluding hydrogens is 372 g/mol. The Labute approximate surface area is 171 Å². The zero-order valence-corrected chi connectivity index (χ0v) is 17.4. The second kappa shape index (κ2) is 10.4. The molecule has 1 aliphatic rings. The Morgan fingerprint density at radius 3 is 2.75 bits per heavy atom. The van der Waals surface area contributed by atoms with Gasteiger partial charge in [0.15, 0.2) is 0 Å². The highest BCUT2D eigenvalue weighted by molar-refractivity contribution is 7.99. The predicted octanol–water partition coefficient (Wildman–Crippen LogP) is 3.10. The Balaban J connectivity index is 1.66. The molecule has 3 heterocycles. The number of aryl methyl sites for hydroxylation is 2. The van der Waals surface area contributed by atoms with Crippen LogP contribution in [-0.2, 0) is 11.2 Å². The van der Waals surface area contributed by atoms with Crippen LogP contribution >= 0.6 is 11.8 Å². The average Bonchev–Trinajstić information content (AvgIpc) is 2.72. The minimum atomic E-state index is -0.0378. The molecule has 6 nitrogen and oxygen atoms in total. The number of hydrogen-bond acceptors (Lipinski definition) is 6. The molecule has 1 saturated heterocycles. The third kappa shape index (κ3) is 5.45. The minimum absolute atomic E-state index is 0.0378. The molecule has 3 rings (SSSR count). The molecule has 7 heteroatoms. The smallest absolute Gasteiger partial charge is 0.254 e. The molecule has 1 amide bonds. The number of carbonyl (C=O) groups excluding carboxylic acids is 1. The van der Waals surface area contributed by atoms with E-state index >= 15 is 0 Å². The molecule has 0 radical (unpaired) electrons. The summed E-state index contributed by atoms with van der Waals surface area (Å²) in [6.07, 6.45) is 5.41. The molecule has 28 heavy (non-hydrogen) atoms. The van der Waals surface area contributed by atoms with E-state index in [0.717, 1.165) is 61.3 Å². The van der Waals surface area contributed by atoms with Gasteiger partial charge in [-0.2, -0.15) is 0 Å². The highest BCUT2D eigenvalue weighted by atomic mass is 32.2. The van der Waals surface area contributed by atoms with Crippen molar-refractivity contribution in [1.82, 2.24) is 15.3 Å². The second-order valence-electron chi connectivity index (χ2n) is 6.72. The van der Waals surface area contributed by atoms with Crippen LogP contribution in [0.3, 0.4) is 0 Å². The summed E-state index contributed by atoms with van der Waals surface area (Å²) >= 11 is 1.62. The molecule has 1 N–H and O–H groups in total. The molecule has 0 unspecified atom stereocenters. The molecule has 0 saturated carbocycles. The van der Waals surface area contributed by atoms with Gasteiger partial charge >= 0.3 is 0 Å². The Morgan fingerprint density at radius 1 is 1.29 bits per heavy atom. The Bertz CT molecular complexity index is 779. The summed E-state index contributed by atoms with van der Waals surface area (Å²) in [7, 11) is 0. The van der Waals surface area contributed by atoms with Gasteiger partial charge in [0.05, 0.1) is 18.8 Å². The Hall–Kier alpha value is -2.12. The quantitative estimate of drug-likeness (QED) is 0.543. The molecule has 0 aromatic carbocycles. The third-order valence-corrected chi connectivity index (χ3v) is 5.55. The van der Waals surface area contributed by atoms with Crippen molar-refractivity contribution in [1.29, 1.82) is 0 Å². The number of ether oxygens (including phenoxy) is 1. The van der Waals surface area contributed by atoms with Gasteiger partial charge < -0.3 is 15.0 Å². The highest BCUT2D eigenvalue weighted by Gasteiger charge is 2.20. The van der Waals surface area contributed by atoms with Crippen LogP contribution < -0.4 is 10.2 Å². The van der Waals surface area contributed by atoms with E-state index in [-0.39, 0.29) is 5.91 Å². The zero-order valence-electron chi connectivity index (χ0n) is 16.6. The Morgan fingerprint density at radius 2 is 2.04 bits per heavy atom. The summed E-state index contributed by atoms with van der Waals surface area (Å²) in [5.41, 5.74) is 2.91. The van der Waals surface area contributed by atoms with Gasteiger partial charge in [0.25, 0.3) is 5.91 Å². The number of anilines is 1. The number of nitrogens with one attached hydrogen (secondary N) is 1. The van der Waals surface area contributed by atoms with Crippen molar-refractivity contribution < 1.29 is 9.53 Å². The maximum Gasteiger partial charge on any atom is 0.254 e. The van der Waals surface area contributed by atoms with Crippen molar-refractivity contribution in [2.45, 2.75) is 31.7 Å². The Kier molecular flexibility index (Phi) is 7.68. The van der Waals surface area contributed by atoms with Gasteiger partial charge in [0.1, 0.15) is 10.8 Å². The van der Waals surface area contributed by atoms with Gasteiger partial charge in [0, 0.05) is 32.0 Å². The second-order valence-corrected chi connectivity index (χ2v) is 7.98. The lowest BCUT2D eigenvalue weighted by Gasteiger charge is -2.28. The minimum Gasteiger partial charge on any atom is -0.378 e. The molecule has 1 fully saturated rings. The van der Waals surface area contributed by atoms with Gasteiger partial charge in [-0.3, -0.25) is 9.78 Å². The fraction of sp³-hybridized carbons (Fsp3) is 0.476. The van der Waals surface area contributed by atoms with Gasteiger partial charge in [-0.15, -0.1) is 11.8 Å². The average molecular weight is 401 g/mol. The van der Waals surface area contributed by atoms with Gasteiger partial charge in [-0.05, 0) is 54.8 Å². The van der Waals surface area contributed by atoms with Crippen LogP contribution in [0, 0.1) is 6.92 Å². The summed E-state index contributed by atoms with van der Waals surface area (Å²) in [6, 6.07) is 6.05. The summed E-state index contributed by atoms with van der Waals surface area (Å²) in [6.45, 7) is 7.83. The van der Waals surface area contributed by atoms with Gasteiger partial charge in [0.2, 0.25) is 0 Å². The number of nitrogens with zero attached hydrogens (tertiary/aromatic N) is 3. The largest absolute Gasteiger partial charge is 0.378 e. The monoisotopic (exact) mass is 400 g/mol. The standard InChI is InChI=1S/C21H28N4O2S/c1-3-28-21-19(16(2)15-18(24-21)25-11-13-27-14-12-25)20(26)23-8-4-5-17-6-9-22-10-7-17/h6-7,9-10,15H,3-5,8,11-14H2,1-2H3,(H,23,26). The summed E-state index contributed by atoms with van der Waals surface area (Å²) in [5, 5.41) is 3.88. The molecule has 0 atom stereocenters.